The van der Waals surface area contributed by atoms with Crippen molar-refractivity contribution in [2.24, 2.45) is 0 Å². The van der Waals surface area contributed by atoms with Gasteiger partial charge in [-0.15, -0.1) is 0 Å². The van der Waals surface area contributed by atoms with Crippen LogP contribution in [0, 0.1) is 22.7 Å². The molecule has 0 bridgehead atoms. The van der Waals surface area contributed by atoms with Crippen LogP contribution < -0.4 is 10.2 Å². The van der Waals surface area contributed by atoms with Gasteiger partial charge in [0.2, 0.25) is 0 Å². The zero-order valence-corrected chi connectivity index (χ0v) is 23.5. The maximum Gasteiger partial charge on any atom is 0.408 e. The van der Waals surface area contributed by atoms with Gasteiger partial charge in [-0.2, -0.15) is 10.5 Å². The fourth-order valence-electron chi connectivity index (χ4n) is 4.71. The lowest BCUT2D eigenvalue weighted by Crippen LogP contribution is -2.54. The maximum absolute atomic E-state index is 14.6. The molecule has 3 aromatic carbocycles. The molecule has 0 saturated carbocycles. The van der Waals surface area contributed by atoms with Gasteiger partial charge in [0.15, 0.2) is 5.54 Å². The van der Waals surface area contributed by atoms with E-state index in [1.165, 1.54) is 0 Å². The van der Waals surface area contributed by atoms with Crippen LogP contribution in [0.3, 0.4) is 0 Å². The van der Waals surface area contributed by atoms with Crippen molar-refractivity contribution in [1.29, 1.82) is 10.5 Å². The average Bonchev–Trinajstić information content (AvgIpc) is 3.12. The smallest absolute Gasteiger partial charge is 0.408 e. The molecule has 1 aliphatic rings. The Morgan fingerprint density at radius 3 is 2.18 bits per heavy atom. The molecule has 0 aromatic heterocycles. The Hall–Kier alpha value is -4.40. The molecule has 0 saturated heterocycles. The van der Waals surface area contributed by atoms with E-state index in [-0.39, 0.29) is 18.5 Å². The predicted molar refractivity (Wildman–Crippen MR) is 152 cm³/mol. The molecule has 4 rings (SSSR count). The van der Waals surface area contributed by atoms with Gasteiger partial charge in [0, 0.05) is 16.5 Å². The molecule has 1 N–H and O–H groups in total. The lowest BCUT2D eigenvalue weighted by Gasteiger charge is -2.32. The molecule has 2 amide bonds. The van der Waals surface area contributed by atoms with Crippen LogP contribution in [0.15, 0.2) is 88.9 Å². The van der Waals surface area contributed by atoms with E-state index in [0.717, 1.165) is 5.56 Å². The Balaban J connectivity index is 1.94. The number of benzene rings is 3. The minimum Gasteiger partial charge on any atom is -0.444 e. The number of ether oxygens (including phenoxy) is 1. The molecule has 0 unspecified atom stereocenters. The van der Waals surface area contributed by atoms with E-state index in [4.69, 9.17) is 4.74 Å². The molecule has 0 spiro atoms. The number of hydrogen-bond donors (Lipinski definition) is 1. The third kappa shape index (κ3) is 5.72. The number of nitrogens with zero attached hydrogens (tertiary/aromatic N) is 3. The molecule has 3 aromatic rings. The van der Waals surface area contributed by atoms with E-state index >= 15 is 0 Å². The number of rotatable bonds is 6. The SMILES string of the molecule is CC(C)(C)OC(=O)N[C@@]1(CC(=C(C#N)C#N)c2ccccc2)C(=O)N(Cc2ccccc2)c2c(Br)cccc21. The summed E-state index contributed by atoms with van der Waals surface area (Å²) in [5.74, 6) is -0.400. The van der Waals surface area contributed by atoms with Crippen molar-refractivity contribution in [3.05, 3.63) is 106 Å². The van der Waals surface area contributed by atoms with Gasteiger partial charge < -0.3 is 15.0 Å². The highest BCUT2D eigenvalue weighted by Gasteiger charge is 2.54. The number of alkyl carbamates (subject to hydrolysis) is 1. The number of nitrogens with one attached hydrogen (secondary N) is 1. The highest BCUT2D eigenvalue weighted by Crippen LogP contribution is 2.49. The van der Waals surface area contributed by atoms with Gasteiger partial charge in [0.05, 0.1) is 12.2 Å². The van der Waals surface area contributed by atoms with Crippen molar-refractivity contribution in [2.45, 2.75) is 44.9 Å². The summed E-state index contributed by atoms with van der Waals surface area (Å²) < 4.78 is 6.26. The standard InChI is InChI=1S/C31H27BrN4O3/c1-30(2,3)39-29(38)35-31(17-24(23(18-33)19-34)22-13-8-5-9-14-22)25-15-10-16-26(32)27(25)36(28(31)37)20-21-11-6-4-7-12-21/h4-16H,17,20H2,1-3H3,(H,35,38)/t31-/m1/s1. The van der Waals surface area contributed by atoms with Gasteiger partial charge in [0.1, 0.15) is 23.3 Å². The van der Waals surface area contributed by atoms with E-state index in [0.29, 0.717) is 26.9 Å². The minimum absolute atomic E-state index is 0.139. The van der Waals surface area contributed by atoms with Gasteiger partial charge in [0.25, 0.3) is 5.91 Å². The van der Waals surface area contributed by atoms with E-state index in [1.54, 1.807) is 62.1 Å². The van der Waals surface area contributed by atoms with Crippen LogP contribution in [0.4, 0.5) is 10.5 Å². The van der Waals surface area contributed by atoms with Gasteiger partial charge in [-0.25, -0.2) is 4.79 Å². The lowest BCUT2D eigenvalue weighted by molar-refractivity contribution is -0.124. The van der Waals surface area contributed by atoms with Crippen molar-refractivity contribution in [3.63, 3.8) is 0 Å². The molecule has 8 heteroatoms. The lowest BCUT2D eigenvalue weighted by atomic mass is 9.81. The number of nitriles is 2. The number of amides is 2. The van der Waals surface area contributed by atoms with Crippen molar-refractivity contribution in [2.75, 3.05) is 4.90 Å². The zero-order chi connectivity index (χ0) is 28.2. The highest BCUT2D eigenvalue weighted by molar-refractivity contribution is 9.10. The molecule has 7 nitrogen and oxygen atoms in total. The summed E-state index contributed by atoms with van der Waals surface area (Å²) in [4.78, 5) is 29.5. The second-order valence-electron chi connectivity index (χ2n) is 10.2. The molecule has 1 aliphatic heterocycles. The van der Waals surface area contributed by atoms with Gasteiger partial charge in [-0.05, 0) is 59.5 Å². The molecule has 0 radical (unpaired) electrons. The Bertz CT molecular complexity index is 1500. The monoisotopic (exact) mass is 582 g/mol. The summed E-state index contributed by atoms with van der Waals surface area (Å²) in [6.07, 6.45) is -0.925. The van der Waals surface area contributed by atoms with Crippen LogP contribution in [-0.4, -0.2) is 17.6 Å². The summed E-state index contributed by atoms with van der Waals surface area (Å²) in [6, 6.07) is 27.8. The summed E-state index contributed by atoms with van der Waals surface area (Å²) in [5, 5.41) is 22.6. The maximum atomic E-state index is 14.6. The molecular weight excluding hydrogens is 556 g/mol. The van der Waals surface area contributed by atoms with Crippen molar-refractivity contribution in [3.8, 4) is 12.1 Å². The molecule has 196 valence electrons. The summed E-state index contributed by atoms with van der Waals surface area (Å²) in [7, 11) is 0. The molecule has 0 aliphatic carbocycles. The van der Waals surface area contributed by atoms with Crippen molar-refractivity contribution < 1.29 is 14.3 Å². The Morgan fingerprint density at radius 1 is 0.974 bits per heavy atom. The number of carbonyl (C=O) groups excluding carboxylic acids is 2. The van der Waals surface area contributed by atoms with Crippen LogP contribution in [0.2, 0.25) is 0 Å². The largest absolute Gasteiger partial charge is 0.444 e. The number of anilines is 1. The number of hydrogen-bond acceptors (Lipinski definition) is 5. The van der Waals surface area contributed by atoms with Crippen molar-refractivity contribution >= 4 is 39.2 Å². The fraction of sp³-hybridized carbons (Fsp3) is 0.226. The van der Waals surface area contributed by atoms with E-state index in [2.05, 4.69) is 21.2 Å². The van der Waals surface area contributed by atoms with Crippen LogP contribution in [0.5, 0.6) is 0 Å². The topological polar surface area (TPSA) is 106 Å². The molecule has 1 heterocycles. The first-order valence-electron chi connectivity index (χ1n) is 12.3. The Morgan fingerprint density at radius 2 is 1.59 bits per heavy atom. The van der Waals surface area contributed by atoms with Crippen LogP contribution in [-0.2, 0) is 21.6 Å². The zero-order valence-electron chi connectivity index (χ0n) is 21.9. The number of carbonyl (C=O) groups is 2. The van der Waals surface area contributed by atoms with Crippen LogP contribution >= 0.6 is 15.9 Å². The van der Waals surface area contributed by atoms with E-state index < -0.39 is 23.1 Å². The van der Waals surface area contributed by atoms with Gasteiger partial charge in [-0.1, -0.05) is 72.8 Å². The number of allylic oxidation sites excluding steroid dienone is 1. The molecular formula is C31H27BrN4O3. The van der Waals surface area contributed by atoms with E-state index in [1.807, 2.05) is 54.6 Å². The second-order valence-corrected chi connectivity index (χ2v) is 11.0. The van der Waals surface area contributed by atoms with Gasteiger partial charge in [-0.3, -0.25) is 4.79 Å². The summed E-state index contributed by atoms with van der Waals surface area (Å²) >= 11 is 3.61. The number of halogens is 1. The van der Waals surface area contributed by atoms with E-state index in [9.17, 15) is 20.1 Å². The molecule has 39 heavy (non-hydrogen) atoms. The minimum atomic E-state index is -1.65. The Labute approximate surface area is 236 Å². The molecule has 1 atom stereocenters. The summed E-state index contributed by atoms with van der Waals surface area (Å²) in [5.41, 5.74) is 0.369. The van der Waals surface area contributed by atoms with Crippen LogP contribution in [0.1, 0.15) is 43.9 Å². The summed E-state index contributed by atoms with van der Waals surface area (Å²) in [6.45, 7) is 5.46. The van der Waals surface area contributed by atoms with Crippen molar-refractivity contribution in [1.82, 2.24) is 5.32 Å². The quantitative estimate of drug-likeness (QED) is 0.329. The third-order valence-electron chi connectivity index (χ3n) is 6.31. The second kappa shape index (κ2) is 11.1. The van der Waals surface area contributed by atoms with Gasteiger partial charge >= 0.3 is 6.09 Å². The fourth-order valence-corrected chi connectivity index (χ4v) is 5.29. The first-order valence-corrected chi connectivity index (χ1v) is 13.1. The van der Waals surface area contributed by atoms with Crippen LogP contribution in [0.25, 0.3) is 5.57 Å². The first-order chi connectivity index (χ1) is 18.6. The predicted octanol–water partition coefficient (Wildman–Crippen LogP) is 6.61. The number of fused-ring (bicyclic) bond motifs is 1. The molecule has 0 fully saturated rings. The normalized spacial score (nSPS) is 16.1. The third-order valence-corrected chi connectivity index (χ3v) is 6.95. The first kappa shape index (κ1) is 27.6. The number of para-hydroxylation sites is 1. The average molecular weight is 583 g/mol. The highest BCUT2D eigenvalue weighted by atomic mass is 79.9. The Kier molecular flexibility index (Phi) is 7.90.